The molecule has 9 nitrogen and oxygen atoms in total. The Balaban J connectivity index is 1.42. The smallest absolute Gasteiger partial charge is 0.328 e. The lowest BCUT2D eigenvalue weighted by Gasteiger charge is -2.59. The minimum absolute atomic E-state index is 0.0452. The molecule has 0 bridgehead atoms. The molecule has 0 unspecified atom stereocenters. The third-order valence-electron chi connectivity index (χ3n) is 10.2. The summed E-state index contributed by atoms with van der Waals surface area (Å²) >= 11 is 0. The highest BCUT2D eigenvalue weighted by Crippen LogP contribution is 2.67. The Bertz CT molecular complexity index is 991. The van der Waals surface area contributed by atoms with E-state index in [1.165, 1.54) is 19.4 Å². The molecule has 200 valence electrons. The van der Waals surface area contributed by atoms with E-state index in [1.54, 1.807) is 0 Å². The predicted molar refractivity (Wildman–Crippen MR) is 132 cm³/mol. The number of aliphatic hydroxyl groups is 2. The topological polar surface area (TPSA) is 146 Å². The number of carboxylic acids is 1. The normalized spacial score (nSPS) is 40.2. The van der Waals surface area contributed by atoms with Crippen LogP contribution in [-0.4, -0.2) is 63.0 Å². The largest absolute Gasteiger partial charge is 0.480 e. The molecule has 0 saturated heterocycles. The summed E-state index contributed by atoms with van der Waals surface area (Å²) in [6, 6.07) is -1.40. The zero-order valence-electron chi connectivity index (χ0n) is 21.7. The van der Waals surface area contributed by atoms with Crippen molar-refractivity contribution in [3.8, 4) is 0 Å². The highest BCUT2D eigenvalue weighted by atomic mass is 16.6. The van der Waals surface area contributed by atoms with Gasteiger partial charge in [0.1, 0.15) is 5.60 Å². The second-order valence-corrected chi connectivity index (χ2v) is 11.9. The Morgan fingerprint density at radius 2 is 1.83 bits per heavy atom. The van der Waals surface area contributed by atoms with E-state index in [2.05, 4.69) is 30.4 Å². The Morgan fingerprint density at radius 1 is 1.14 bits per heavy atom. The summed E-state index contributed by atoms with van der Waals surface area (Å²) in [4.78, 5) is 40.8. The van der Waals surface area contributed by atoms with Crippen molar-refractivity contribution >= 4 is 23.4 Å². The van der Waals surface area contributed by atoms with Gasteiger partial charge in [0.25, 0.3) is 5.91 Å². The van der Waals surface area contributed by atoms with Gasteiger partial charge in [0.05, 0.1) is 11.8 Å². The SMILES string of the molecule is CC(=O)[C@@]1(O)CC[C@H]2[C@@H]3CCC4=C/C(=N\OCC(=O)N[C@@H](C(=O)O)[C@H](C)O)CC[C@]4(C)[C@H]3CC[C@@]21C. The number of rotatable bonds is 7. The fraction of sp³-hybridized carbons (Fsp3) is 0.778. The van der Waals surface area contributed by atoms with Crippen LogP contribution in [-0.2, 0) is 19.2 Å². The van der Waals surface area contributed by atoms with Crippen molar-refractivity contribution in [1.82, 2.24) is 5.32 Å². The molecule has 0 aromatic heterocycles. The average Bonchev–Trinajstić information content (AvgIpc) is 3.09. The standard InChI is InChI=1S/C27H40N2O7/c1-15(30)23(24(33)34)28-22(32)14-36-29-18-7-10-25(3)17(13-18)5-6-19-20(25)8-11-26(4)21(19)9-12-27(26,35)16(2)31/h13,15,19-21,23,30,35H,5-12,14H2,1-4H3,(H,28,32)(H,33,34)/b29-18-/t15-,19+,20-,21-,23+,25-,26-,27-/m0/s1. The maximum Gasteiger partial charge on any atom is 0.328 e. The number of carbonyl (C=O) groups is 3. The van der Waals surface area contributed by atoms with E-state index in [-0.39, 0.29) is 16.6 Å². The van der Waals surface area contributed by atoms with Crippen molar-refractivity contribution in [1.29, 1.82) is 0 Å². The van der Waals surface area contributed by atoms with Crippen molar-refractivity contribution < 1.29 is 34.5 Å². The van der Waals surface area contributed by atoms with Crippen LogP contribution in [0.4, 0.5) is 0 Å². The van der Waals surface area contributed by atoms with Gasteiger partial charge in [0.2, 0.25) is 0 Å². The molecular formula is C27H40N2O7. The van der Waals surface area contributed by atoms with Crippen molar-refractivity contribution in [2.24, 2.45) is 33.7 Å². The third-order valence-corrected chi connectivity index (χ3v) is 10.2. The summed E-state index contributed by atoms with van der Waals surface area (Å²) in [5, 5.41) is 36.3. The van der Waals surface area contributed by atoms with Crippen LogP contribution in [0.25, 0.3) is 0 Å². The van der Waals surface area contributed by atoms with E-state index < -0.39 is 36.2 Å². The first-order valence-electron chi connectivity index (χ1n) is 13.2. The van der Waals surface area contributed by atoms with Crippen LogP contribution in [0, 0.1) is 28.6 Å². The number of carboxylic acid groups (broad SMARTS) is 1. The van der Waals surface area contributed by atoms with E-state index in [0.717, 1.165) is 50.7 Å². The quantitative estimate of drug-likeness (QED) is 0.390. The number of aliphatic hydroxyl groups excluding tert-OH is 1. The minimum atomic E-state index is -1.40. The lowest BCUT2D eigenvalue weighted by Crippen LogP contribution is -2.57. The molecule has 0 aromatic rings. The molecule has 3 saturated carbocycles. The number of hydrogen-bond acceptors (Lipinski definition) is 7. The summed E-state index contributed by atoms with van der Waals surface area (Å²) in [7, 11) is 0. The van der Waals surface area contributed by atoms with Gasteiger partial charge in [-0.25, -0.2) is 4.79 Å². The maximum atomic E-state index is 12.4. The number of fused-ring (bicyclic) bond motifs is 5. The fourth-order valence-corrected chi connectivity index (χ4v) is 8.01. The van der Waals surface area contributed by atoms with Gasteiger partial charge < -0.3 is 25.5 Å². The lowest BCUT2D eigenvalue weighted by molar-refractivity contribution is -0.159. The number of nitrogens with one attached hydrogen (secondary N) is 1. The Labute approximate surface area is 212 Å². The number of hydrogen-bond donors (Lipinski definition) is 4. The van der Waals surface area contributed by atoms with Gasteiger partial charge in [-0.15, -0.1) is 0 Å². The highest BCUT2D eigenvalue weighted by Gasteiger charge is 2.65. The first-order chi connectivity index (χ1) is 16.8. The molecule has 0 aromatic carbocycles. The number of amides is 1. The van der Waals surface area contributed by atoms with E-state index in [4.69, 9.17) is 9.94 Å². The van der Waals surface area contributed by atoms with Gasteiger partial charge in [-0.2, -0.15) is 0 Å². The van der Waals surface area contributed by atoms with Crippen LogP contribution < -0.4 is 5.32 Å². The first-order valence-corrected chi connectivity index (χ1v) is 13.2. The lowest BCUT2D eigenvalue weighted by atomic mass is 9.46. The van der Waals surface area contributed by atoms with Crippen molar-refractivity contribution in [2.45, 2.75) is 96.8 Å². The highest BCUT2D eigenvalue weighted by molar-refractivity contribution is 5.96. The van der Waals surface area contributed by atoms with Crippen LogP contribution in [0.2, 0.25) is 0 Å². The van der Waals surface area contributed by atoms with Crippen LogP contribution in [0.5, 0.6) is 0 Å². The number of Topliss-reactive ketones (excluding diaryl/α,β-unsaturated/α-hetero) is 1. The molecule has 9 heteroatoms. The molecule has 4 aliphatic rings. The summed E-state index contributed by atoms with van der Waals surface area (Å²) in [5.41, 5.74) is 0.622. The molecule has 0 spiro atoms. The summed E-state index contributed by atoms with van der Waals surface area (Å²) in [6.07, 6.45) is 7.83. The molecule has 3 fully saturated rings. The zero-order chi connectivity index (χ0) is 26.5. The van der Waals surface area contributed by atoms with E-state index >= 15 is 0 Å². The van der Waals surface area contributed by atoms with Gasteiger partial charge in [-0.3, -0.25) is 9.59 Å². The molecule has 4 rings (SSSR count). The molecule has 8 atom stereocenters. The van der Waals surface area contributed by atoms with Crippen LogP contribution in [0.15, 0.2) is 16.8 Å². The van der Waals surface area contributed by atoms with Gasteiger partial charge >= 0.3 is 5.97 Å². The second kappa shape index (κ2) is 9.56. The Hall–Kier alpha value is -2.26. The minimum Gasteiger partial charge on any atom is -0.480 e. The fourth-order valence-electron chi connectivity index (χ4n) is 8.01. The van der Waals surface area contributed by atoms with Crippen LogP contribution in [0.3, 0.4) is 0 Å². The number of aliphatic carboxylic acids is 1. The molecule has 0 radical (unpaired) electrons. The Morgan fingerprint density at radius 3 is 2.47 bits per heavy atom. The summed E-state index contributed by atoms with van der Waals surface area (Å²) in [5.74, 6) is -0.709. The van der Waals surface area contributed by atoms with Crippen LogP contribution >= 0.6 is 0 Å². The van der Waals surface area contributed by atoms with E-state index in [9.17, 15) is 24.6 Å². The van der Waals surface area contributed by atoms with Gasteiger partial charge in [-0.05, 0) is 94.5 Å². The number of ketones is 1. The number of allylic oxidation sites excluding steroid dienone is 2. The molecule has 0 heterocycles. The Kier molecular flexibility index (Phi) is 7.11. The van der Waals surface area contributed by atoms with Crippen molar-refractivity contribution in [2.75, 3.05) is 6.61 Å². The molecule has 1 amide bonds. The number of oxime groups is 1. The van der Waals surface area contributed by atoms with Gasteiger partial charge in [0, 0.05) is 5.41 Å². The molecule has 0 aliphatic heterocycles. The first kappa shape index (κ1) is 26.8. The van der Waals surface area contributed by atoms with Gasteiger partial charge in [0.15, 0.2) is 18.4 Å². The van der Waals surface area contributed by atoms with E-state index in [1.807, 2.05) is 0 Å². The van der Waals surface area contributed by atoms with Crippen molar-refractivity contribution in [3.05, 3.63) is 11.6 Å². The average molecular weight is 505 g/mol. The summed E-state index contributed by atoms with van der Waals surface area (Å²) < 4.78 is 0. The van der Waals surface area contributed by atoms with Crippen LogP contribution in [0.1, 0.15) is 79.1 Å². The summed E-state index contributed by atoms with van der Waals surface area (Å²) in [6.45, 7) is 6.88. The predicted octanol–water partition coefficient (Wildman–Crippen LogP) is 2.59. The number of carbonyl (C=O) groups excluding carboxylic acids is 2. The zero-order valence-corrected chi connectivity index (χ0v) is 21.7. The molecule has 4 aliphatic carbocycles. The van der Waals surface area contributed by atoms with Gasteiger partial charge in [-0.1, -0.05) is 24.6 Å². The second-order valence-electron chi connectivity index (χ2n) is 11.9. The van der Waals surface area contributed by atoms with Crippen molar-refractivity contribution in [3.63, 3.8) is 0 Å². The third kappa shape index (κ3) is 4.28. The van der Waals surface area contributed by atoms with E-state index in [0.29, 0.717) is 24.2 Å². The molecule has 36 heavy (non-hydrogen) atoms. The number of nitrogens with zero attached hydrogens (tertiary/aromatic N) is 1. The molecule has 4 N–H and O–H groups in total. The molecular weight excluding hydrogens is 464 g/mol. The maximum absolute atomic E-state index is 12.4. The monoisotopic (exact) mass is 504 g/mol.